The highest BCUT2D eigenvalue weighted by Crippen LogP contribution is 2.21. The third-order valence-electron chi connectivity index (χ3n) is 3.12. The third kappa shape index (κ3) is 3.30. The van der Waals surface area contributed by atoms with E-state index in [4.69, 9.17) is 14.2 Å². The maximum Gasteiger partial charge on any atom is 0.360 e. The number of ether oxygens (including phenoxy) is 3. The van der Waals surface area contributed by atoms with E-state index < -0.39 is 5.97 Å². The molecule has 0 bridgehead atoms. The number of hydrogen-bond donors (Lipinski definition) is 0. The highest BCUT2D eigenvalue weighted by molar-refractivity contribution is 5.88. The summed E-state index contributed by atoms with van der Waals surface area (Å²) in [5.74, 6) is -0.461. The fourth-order valence-corrected chi connectivity index (χ4v) is 2.08. The predicted octanol–water partition coefficient (Wildman–Crippen LogP) is 0.741. The van der Waals surface area contributed by atoms with Crippen molar-refractivity contribution in [3.8, 4) is 0 Å². The van der Waals surface area contributed by atoms with Crippen LogP contribution in [0.15, 0.2) is 0 Å². The molecule has 1 aromatic heterocycles. The van der Waals surface area contributed by atoms with E-state index in [1.807, 2.05) is 6.92 Å². The van der Waals surface area contributed by atoms with E-state index in [9.17, 15) is 4.79 Å². The zero-order valence-electron chi connectivity index (χ0n) is 11.3. The molecule has 2 heterocycles. The molecule has 0 saturated carbocycles. The van der Waals surface area contributed by atoms with Crippen LogP contribution in [0, 0.1) is 6.92 Å². The fraction of sp³-hybridized carbons (Fsp3) is 0.750. The Morgan fingerprint density at radius 2 is 2.37 bits per heavy atom. The van der Waals surface area contributed by atoms with Crippen molar-refractivity contribution in [3.63, 3.8) is 0 Å². The van der Waals surface area contributed by atoms with Crippen molar-refractivity contribution in [2.45, 2.75) is 25.8 Å². The number of methoxy groups -OCH3 is 1. The normalized spacial score (nSPS) is 19.4. The van der Waals surface area contributed by atoms with Crippen molar-refractivity contribution in [2.24, 2.45) is 0 Å². The van der Waals surface area contributed by atoms with Crippen LogP contribution in [-0.2, 0) is 14.2 Å². The van der Waals surface area contributed by atoms with Gasteiger partial charge in [-0.3, -0.25) is 0 Å². The lowest BCUT2D eigenvalue weighted by Gasteiger charge is -2.22. The summed E-state index contributed by atoms with van der Waals surface area (Å²) in [6, 6.07) is 0.154. The lowest BCUT2D eigenvalue weighted by Crippen LogP contribution is -2.23. The van der Waals surface area contributed by atoms with Crippen molar-refractivity contribution in [1.29, 1.82) is 0 Å². The average molecular weight is 269 g/mol. The maximum atomic E-state index is 11.8. The van der Waals surface area contributed by atoms with Crippen molar-refractivity contribution >= 4 is 5.97 Å². The zero-order valence-corrected chi connectivity index (χ0v) is 11.3. The molecular formula is C12H19N3O4. The molecule has 0 amide bonds. The molecule has 1 aliphatic heterocycles. The molecule has 2 rings (SSSR count). The molecule has 0 N–H and O–H groups in total. The number of aromatic nitrogens is 3. The van der Waals surface area contributed by atoms with Crippen LogP contribution in [0.1, 0.15) is 35.1 Å². The molecule has 1 aliphatic rings. The molecule has 7 nitrogen and oxygen atoms in total. The van der Waals surface area contributed by atoms with Gasteiger partial charge >= 0.3 is 5.97 Å². The summed E-state index contributed by atoms with van der Waals surface area (Å²) in [7, 11) is 1.55. The Hall–Kier alpha value is -1.47. The van der Waals surface area contributed by atoms with Gasteiger partial charge in [-0.2, -0.15) is 0 Å². The summed E-state index contributed by atoms with van der Waals surface area (Å²) in [5, 5.41) is 7.95. The molecule has 0 spiro atoms. The number of nitrogens with zero attached hydrogens (tertiary/aromatic N) is 3. The van der Waals surface area contributed by atoms with E-state index in [0.717, 1.165) is 25.1 Å². The summed E-state index contributed by atoms with van der Waals surface area (Å²) >= 11 is 0. The molecule has 7 heteroatoms. The molecular weight excluding hydrogens is 250 g/mol. The van der Waals surface area contributed by atoms with Crippen molar-refractivity contribution < 1.29 is 19.0 Å². The lowest BCUT2D eigenvalue weighted by atomic mass is 10.1. The van der Waals surface area contributed by atoms with E-state index in [1.54, 1.807) is 11.8 Å². The van der Waals surface area contributed by atoms with Gasteiger partial charge in [-0.25, -0.2) is 9.48 Å². The Labute approximate surface area is 111 Å². The van der Waals surface area contributed by atoms with Crippen LogP contribution >= 0.6 is 0 Å². The highest BCUT2D eigenvalue weighted by atomic mass is 16.6. The number of hydrogen-bond acceptors (Lipinski definition) is 6. The first-order chi connectivity index (χ1) is 9.24. The molecule has 1 atom stereocenters. The van der Waals surface area contributed by atoms with Gasteiger partial charge in [0.15, 0.2) is 5.69 Å². The second-order valence-corrected chi connectivity index (χ2v) is 4.47. The molecule has 0 aliphatic carbocycles. The average Bonchev–Trinajstić information content (AvgIpc) is 2.82. The third-order valence-corrected chi connectivity index (χ3v) is 3.12. The smallest absolute Gasteiger partial charge is 0.360 e. The summed E-state index contributed by atoms with van der Waals surface area (Å²) in [4.78, 5) is 11.8. The minimum absolute atomic E-state index is 0.154. The van der Waals surface area contributed by atoms with Gasteiger partial charge in [-0.05, 0) is 19.8 Å². The standard InChI is InChI=1S/C12H19N3O4/c1-9-11(12(16)19-7-6-17-2)13-14-15(9)10-4-3-5-18-8-10/h10H,3-8H2,1-2H3. The van der Waals surface area contributed by atoms with Crippen LogP contribution in [0.25, 0.3) is 0 Å². The molecule has 106 valence electrons. The predicted molar refractivity (Wildman–Crippen MR) is 66.0 cm³/mol. The SMILES string of the molecule is COCCOC(=O)c1nnn(C2CCCOC2)c1C. The Morgan fingerprint density at radius 3 is 3.05 bits per heavy atom. The molecule has 0 radical (unpaired) electrons. The lowest BCUT2D eigenvalue weighted by molar-refractivity contribution is 0.0379. The van der Waals surface area contributed by atoms with Crippen LogP contribution in [0.3, 0.4) is 0 Å². The first-order valence-corrected chi connectivity index (χ1v) is 6.39. The topological polar surface area (TPSA) is 75.5 Å². The first kappa shape index (κ1) is 14.0. The van der Waals surface area contributed by atoms with Crippen molar-refractivity contribution in [2.75, 3.05) is 33.5 Å². The first-order valence-electron chi connectivity index (χ1n) is 6.39. The van der Waals surface area contributed by atoms with Gasteiger partial charge in [0, 0.05) is 13.7 Å². The Balaban J connectivity index is 2.02. The van der Waals surface area contributed by atoms with Crippen LogP contribution in [0.4, 0.5) is 0 Å². The van der Waals surface area contributed by atoms with Gasteiger partial charge in [0.1, 0.15) is 6.61 Å². The number of rotatable bonds is 5. The second kappa shape index (κ2) is 6.63. The van der Waals surface area contributed by atoms with Gasteiger partial charge < -0.3 is 14.2 Å². The summed E-state index contributed by atoms with van der Waals surface area (Å²) in [6.45, 7) is 3.81. The number of carbonyl (C=O) groups excluding carboxylic acids is 1. The Kier molecular flexibility index (Phi) is 4.86. The minimum Gasteiger partial charge on any atom is -0.458 e. The van der Waals surface area contributed by atoms with Crippen molar-refractivity contribution in [1.82, 2.24) is 15.0 Å². The number of carbonyl (C=O) groups is 1. The summed E-state index contributed by atoms with van der Waals surface area (Å²) < 4.78 is 17.0. The van der Waals surface area contributed by atoms with Gasteiger partial charge in [0.25, 0.3) is 0 Å². The Morgan fingerprint density at radius 1 is 1.53 bits per heavy atom. The second-order valence-electron chi connectivity index (χ2n) is 4.47. The van der Waals surface area contributed by atoms with E-state index in [-0.39, 0.29) is 18.3 Å². The van der Waals surface area contributed by atoms with Gasteiger partial charge in [-0.1, -0.05) is 5.21 Å². The number of esters is 1. The van der Waals surface area contributed by atoms with Crippen LogP contribution < -0.4 is 0 Å². The monoisotopic (exact) mass is 269 g/mol. The van der Waals surface area contributed by atoms with E-state index in [0.29, 0.717) is 13.2 Å². The molecule has 1 fully saturated rings. The highest BCUT2D eigenvalue weighted by Gasteiger charge is 2.24. The fourth-order valence-electron chi connectivity index (χ4n) is 2.08. The molecule has 1 aromatic rings. The van der Waals surface area contributed by atoms with Gasteiger partial charge in [-0.15, -0.1) is 5.10 Å². The molecule has 0 aromatic carbocycles. The van der Waals surface area contributed by atoms with E-state index in [1.165, 1.54) is 0 Å². The van der Waals surface area contributed by atoms with Crippen LogP contribution in [0.5, 0.6) is 0 Å². The molecule has 19 heavy (non-hydrogen) atoms. The molecule has 1 unspecified atom stereocenters. The zero-order chi connectivity index (χ0) is 13.7. The minimum atomic E-state index is -0.461. The van der Waals surface area contributed by atoms with Gasteiger partial charge in [0.05, 0.1) is 24.9 Å². The van der Waals surface area contributed by atoms with E-state index >= 15 is 0 Å². The van der Waals surface area contributed by atoms with Gasteiger partial charge in [0.2, 0.25) is 0 Å². The molecule has 1 saturated heterocycles. The maximum absolute atomic E-state index is 11.8. The summed E-state index contributed by atoms with van der Waals surface area (Å²) in [6.07, 6.45) is 1.99. The van der Waals surface area contributed by atoms with Crippen LogP contribution in [0.2, 0.25) is 0 Å². The quantitative estimate of drug-likeness (QED) is 0.579. The van der Waals surface area contributed by atoms with Crippen LogP contribution in [-0.4, -0.2) is 54.5 Å². The summed E-state index contributed by atoms with van der Waals surface area (Å²) in [5.41, 5.74) is 0.986. The Bertz CT molecular complexity index is 427. The van der Waals surface area contributed by atoms with Crippen molar-refractivity contribution in [3.05, 3.63) is 11.4 Å². The largest absolute Gasteiger partial charge is 0.458 e. The van der Waals surface area contributed by atoms with E-state index in [2.05, 4.69) is 10.3 Å².